The summed E-state index contributed by atoms with van der Waals surface area (Å²) < 4.78 is 0. The minimum atomic E-state index is -0.335. The molecule has 1 saturated carbocycles. The number of ketones is 1. The zero-order valence-electron chi connectivity index (χ0n) is 13.1. The molecule has 1 atom stereocenters. The van der Waals surface area contributed by atoms with Crippen LogP contribution in [0.1, 0.15) is 51.9 Å². The summed E-state index contributed by atoms with van der Waals surface area (Å²) in [6.07, 6.45) is 12.5. The van der Waals surface area contributed by atoms with E-state index in [4.69, 9.17) is 0 Å². The van der Waals surface area contributed by atoms with Gasteiger partial charge in [0.25, 0.3) is 0 Å². The number of hydrogen-bond donors (Lipinski definition) is 1. The molecular formula is C17H26N2O2. The summed E-state index contributed by atoms with van der Waals surface area (Å²) >= 11 is 0. The summed E-state index contributed by atoms with van der Waals surface area (Å²) in [4.78, 5) is 26.7. The topological polar surface area (TPSA) is 49.4 Å². The van der Waals surface area contributed by atoms with Crippen molar-refractivity contribution in [3.63, 3.8) is 0 Å². The Morgan fingerprint density at radius 3 is 2.67 bits per heavy atom. The average molecular weight is 290 g/mol. The highest BCUT2D eigenvalue weighted by atomic mass is 16.2. The van der Waals surface area contributed by atoms with E-state index in [1.807, 2.05) is 37.3 Å². The Balaban J connectivity index is 1.95. The van der Waals surface area contributed by atoms with Crippen molar-refractivity contribution >= 4 is 11.7 Å². The van der Waals surface area contributed by atoms with Crippen molar-refractivity contribution in [3.8, 4) is 0 Å². The standard InChI is InChI=1S/C17H26N2O2/c1-3-15(16(20)13-8-5-4-6-9-13)18-17(21)14-10-7-11-19(2)12-14/h7,11-13,15H,3-6,8-10H2,1-2H3,(H,18,21). The first-order valence-electron chi connectivity index (χ1n) is 8.05. The molecule has 0 aromatic heterocycles. The number of rotatable bonds is 5. The van der Waals surface area contributed by atoms with Gasteiger partial charge in [0.05, 0.1) is 6.04 Å². The van der Waals surface area contributed by atoms with E-state index in [-0.39, 0.29) is 23.7 Å². The molecule has 0 radical (unpaired) electrons. The second-order valence-corrected chi connectivity index (χ2v) is 6.08. The van der Waals surface area contributed by atoms with Gasteiger partial charge in [0.1, 0.15) is 0 Å². The SMILES string of the molecule is CCC(NC(=O)C1=CN(C)C=CC1)C(=O)C1CCCCC1. The number of nitrogens with zero attached hydrogens (tertiary/aromatic N) is 1. The molecule has 0 bridgehead atoms. The van der Waals surface area contributed by atoms with Crippen molar-refractivity contribution in [1.29, 1.82) is 0 Å². The molecule has 1 unspecified atom stereocenters. The molecular weight excluding hydrogens is 264 g/mol. The van der Waals surface area contributed by atoms with Crippen LogP contribution < -0.4 is 5.32 Å². The number of carbonyl (C=O) groups excluding carboxylic acids is 2. The van der Waals surface area contributed by atoms with E-state index in [1.165, 1.54) is 6.42 Å². The molecule has 1 heterocycles. The van der Waals surface area contributed by atoms with Gasteiger partial charge >= 0.3 is 0 Å². The van der Waals surface area contributed by atoms with Gasteiger partial charge in [0.15, 0.2) is 5.78 Å². The fraction of sp³-hybridized carbons (Fsp3) is 0.647. The number of nitrogens with one attached hydrogen (secondary N) is 1. The number of amides is 1. The predicted octanol–water partition coefficient (Wildman–Crippen LogP) is 2.76. The van der Waals surface area contributed by atoms with Crippen LogP contribution >= 0.6 is 0 Å². The maximum atomic E-state index is 12.6. The van der Waals surface area contributed by atoms with Gasteiger partial charge in [-0.2, -0.15) is 0 Å². The molecule has 1 N–H and O–H groups in total. The summed E-state index contributed by atoms with van der Waals surface area (Å²) in [7, 11) is 1.90. The third-order valence-electron chi connectivity index (χ3n) is 4.39. The van der Waals surface area contributed by atoms with Crippen molar-refractivity contribution in [1.82, 2.24) is 10.2 Å². The lowest BCUT2D eigenvalue weighted by Gasteiger charge is -2.26. The minimum absolute atomic E-state index is 0.109. The molecule has 1 aliphatic carbocycles. The Morgan fingerprint density at radius 2 is 2.05 bits per heavy atom. The summed E-state index contributed by atoms with van der Waals surface area (Å²) in [5.41, 5.74) is 0.717. The number of carbonyl (C=O) groups is 2. The first kappa shape index (κ1) is 15.8. The number of allylic oxidation sites excluding steroid dienone is 1. The Bertz CT molecular complexity index is 448. The highest BCUT2D eigenvalue weighted by Gasteiger charge is 2.28. The summed E-state index contributed by atoms with van der Waals surface area (Å²) in [5.74, 6) is 0.264. The molecule has 1 aliphatic heterocycles. The average Bonchev–Trinajstić information content (AvgIpc) is 2.52. The lowest BCUT2D eigenvalue weighted by Crippen LogP contribution is -2.44. The van der Waals surface area contributed by atoms with Crippen LogP contribution in [0.4, 0.5) is 0 Å². The van der Waals surface area contributed by atoms with E-state index in [9.17, 15) is 9.59 Å². The predicted molar refractivity (Wildman–Crippen MR) is 83.4 cm³/mol. The second-order valence-electron chi connectivity index (χ2n) is 6.08. The monoisotopic (exact) mass is 290 g/mol. The third-order valence-corrected chi connectivity index (χ3v) is 4.39. The zero-order chi connectivity index (χ0) is 15.2. The molecule has 1 fully saturated rings. The molecule has 0 aromatic carbocycles. The molecule has 21 heavy (non-hydrogen) atoms. The minimum Gasteiger partial charge on any atom is -0.357 e. The van der Waals surface area contributed by atoms with Crippen LogP contribution in [0.5, 0.6) is 0 Å². The molecule has 1 amide bonds. The van der Waals surface area contributed by atoms with Gasteiger partial charge in [-0.15, -0.1) is 0 Å². The van der Waals surface area contributed by atoms with Gasteiger partial charge < -0.3 is 10.2 Å². The lowest BCUT2D eigenvalue weighted by molar-refractivity contribution is -0.129. The van der Waals surface area contributed by atoms with Crippen LogP contribution in [0.25, 0.3) is 0 Å². The van der Waals surface area contributed by atoms with Gasteiger partial charge in [0.2, 0.25) is 5.91 Å². The molecule has 116 valence electrons. The van der Waals surface area contributed by atoms with E-state index in [1.54, 1.807) is 0 Å². The molecule has 0 aromatic rings. The van der Waals surface area contributed by atoms with E-state index in [0.29, 0.717) is 12.8 Å². The zero-order valence-corrected chi connectivity index (χ0v) is 13.1. The number of Topliss-reactive ketones (excluding diaryl/α,β-unsaturated/α-hetero) is 1. The largest absolute Gasteiger partial charge is 0.357 e. The fourth-order valence-corrected chi connectivity index (χ4v) is 3.14. The van der Waals surface area contributed by atoms with Crippen molar-refractivity contribution < 1.29 is 9.59 Å². The quantitative estimate of drug-likeness (QED) is 0.847. The van der Waals surface area contributed by atoms with Gasteiger partial charge in [0, 0.05) is 24.7 Å². The molecule has 0 saturated heterocycles. The second kappa shape index (κ2) is 7.43. The van der Waals surface area contributed by atoms with Crippen LogP contribution in [-0.2, 0) is 9.59 Å². The molecule has 4 nitrogen and oxygen atoms in total. The van der Waals surface area contributed by atoms with Crippen molar-refractivity contribution in [3.05, 3.63) is 24.0 Å². The van der Waals surface area contributed by atoms with Crippen molar-refractivity contribution in [2.24, 2.45) is 5.92 Å². The summed E-state index contributed by atoms with van der Waals surface area (Å²) in [6.45, 7) is 1.97. The van der Waals surface area contributed by atoms with Crippen LogP contribution in [0, 0.1) is 5.92 Å². The molecule has 4 heteroatoms. The molecule has 0 spiro atoms. The maximum Gasteiger partial charge on any atom is 0.249 e. The van der Waals surface area contributed by atoms with Crippen LogP contribution in [-0.4, -0.2) is 29.7 Å². The highest BCUT2D eigenvalue weighted by molar-refractivity contribution is 5.98. The Kier molecular flexibility index (Phi) is 5.59. The Hall–Kier alpha value is -1.58. The third kappa shape index (κ3) is 4.19. The van der Waals surface area contributed by atoms with Gasteiger partial charge in [-0.05, 0) is 31.9 Å². The number of hydrogen-bond acceptors (Lipinski definition) is 3. The van der Waals surface area contributed by atoms with Gasteiger partial charge in [-0.3, -0.25) is 9.59 Å². The smallest absolute Gasteiger partial charge is 0.249 e. The van der Waals surface area contributed by atoms with E-state index < -0.39 is 0 Å². The normalized spacial score (nSPS) is 20.9. The van der Waals surface area contributed by atoms with E-state index in [0.717, 1.165) is 31.3 Å². The fourth-order valence-electron chi connectivity index (χ4n) is 3.14. The van der Waals surface area contributed by atoms with Gasteiger partial charge in [-0.25, -0.2) is 0 Å². The first-order chi connectivity index (χ1) is 10.1. The van der Waals surface area contributed by atoms with Crippen LogP contribution in [0.3, 0.4) is 0 Å². The van der Waals surface area contributed by atoms with Crippen LogP contribution in [0.15, 0.2) is 24.0 Å². The summed E-state index contributed by atoms with van der Waals surface area (Å²) in [5, 5.41) is 2.94. The highest BCUT2D eigenvalue weighted by Crippen LogP contribution is 2.26. The van der Waals surface area contributed by atoms with Crippen molar-refractivity contribution in [2.45, 2.75) is 57.9 Å². The van der Waals surface area contributed by atoms with Crippen LogP contribution in [0.2, 0.25) is 0 Å². The van der Waals surface area contributed by atoms with E-state index in [2.05, 4.69) is 5.32 Å². The first-order valence-corrected chi connectivity index (χ1v) is 8.05. The Morgan fingerprint density at radius 1 is 1.33 bits per heavy atom. The van der Waals surface area contributed by atoms with E-state index >= 15 is 0 Å². The van der Waals surface area contributed by atoms with Gasteiger partial charge in [-0.1, -0.05) is 32.3 Å². The summed E-state index contributed by atoms with van der Waals surface area (Å²) in [6, 6.07) is -0.335. The molecule has 2 rings (SSSR count). The Labute approximate surface area is 127 Å². The molecule has 2 aliphatic rings. The lowest BCUT2D eigenvalue weighted by atomic mass is 9.83. The van der Waals surface area contributed by atoms with Crippen molar-refractivity contribution in [2.75, 3.05) is 7.05 Å². The maximum absolute atomic E-state index is 12.6.